The first kappa shape index (κ1) is 14.7. The van der Waals surface area contributed by atoms with E-state index in [9.17, 15) is 0 Å². The highest BCUT2D eigenvalue weighted by Crippen LogP contribution is 2.35. The van der Waals surface area contributed by atoms with Gasteiger partial charge in [-0.05, 0) is 31.0 Å². The number of nitrogens with two attached hydrogens (primary N) is 1. The number of hydrogen-bond acceptors (Lipinski definition) is 2. The van der Waals surface area contributed by atoms with Gasteiger partial charge in [0.2, 0.25) is 0 Å². The lowest BCUT2D eigenvalue weighted by Gasteiger charge is -2.14. The van der Waals surface area contributed by atoms with Crippen LogP contribution in [0.2, 0.25) is 10.0 Å². The third-order valence-corrected chi connectivity index (χ3v) is 4.71. The second-order valence-electron chi connectivity index (χ2n) is 5.68. The van der Waals surface area contributed by atoms with Crippen molar-refractivity contribution < 1.29 is 0 Å². The minimum absolute atomic E-state index is 0.446. The molecule has 1 heterocycles. The predicted molar refractivity (Wildman–Crippen MR) is 88.8 cm³/mol. The standard InChI is InChI=1S/C16H19Cl2N3/c17-11-7-8-14(18)13(9-11)16-15(19)10-21(20-16)12-5-3-1-2-4-6-12/h7-10,12H,1-6,19H2. The van der Waals surface area contributed by atoms with Gasteiger partial charge in [-0.25, -0.2) is 0 Å². The fraction of sp³-hybridized carbons (Fsp3) is 0.438. The van der Waals surface area contributed by atoms with Gasteiger partial charge in [0.05, 0.1) is 16.8 Å². The molecule has 1 aliphatic carbocycles. The highest BCUT2D eigenvalue weighted by atomic mass is 35.5. The number of aromatic nitrogens is 2. The Morgan fingerprint density at radius 2 is 1.81 bits per heavy atom. The number of hydrogen-bond donors (Lipinski definition) is 1. The first-order valence-corrected chi connectivity index (χ1v) is 8.21. The average Bonchev–Trinajstić information content (AvgIpc) is 2.69. The van der Waals surface area contributed by atoms with E-state index in [1.165, 1.54) is 38.5 Å². The minimum Gasteiger partial charge on any atom is -0.396 e. The monoisotopic (exact) mass is 323 g/mol. The van der Waals surface area contributed by atoms with E-state index in [4.69, 9.17) is 34.0 Å². The van der Waals surface area contributed by atoms with Gasteiger partial charge < -0.3 is 5.73 Å². The topological polar surface area (TPSA) is 43.8 Å². The fourth-order valence-electron chi connectivity index (χ4n) is 3.00. The largest absolute Gasteiger partial charge is 0.396 e. The number of rotatable bonds is 2. The lowest BCUT2D eigenvalue weighted by molar-refractivity contribution is 0.406. The maximum Gasteiger partial charge on any atom is 0.117 e. The van der Waals surface area contributed by atoms with Crippen LogP contribution in [0.25, 0.3) is 11.3 Å². The Bertz CT molecular complexity index is 628. The summed E-state index contributed by atoms with van der Waals surface area (Å²) in [5.41, 5.74) is 8.34. The van der Waals surface area contributed by atoms with Crippen molar-refractivity contribution in [3.8, 4) is 11.3 Å². The molecule has 1 aliphatic rings. The Balaban J connectivity index is 1.95. The summed E-state index contributed by atoms with van der Waals surface area (Å²) in [5, 5.41) is 5.96. The Labute approximate surface area is 135 Å². The molecule has 0 bridgehead atoms. The second kappa shape index (κ2) is 6.29. The summed E-state index contributed by atoms with van der Waals surface area (Å²) in [7, 11) is 0. The Kier molecular flexibility index (Phi) is 4.41. The van der Waals surface area contributed by atoms with Crippen LogP contribution in [-0.2, 0) is 0 Å². The number of halogens is 2. The first-order valence-electron chi connectivity index (χ1n) is 7.45. The van der Waals surface area contributed by atoms with Gasteiger partial charge in [-0.15, -0.1) is 0 Å². The molecule has 0 spiro atoms. The summed E-state index contributed by atoms with van der Waals surface area (Å²) < 4.78 is 2.02. The lowest BCUT2D eigenvalue weighted by Crippen LogP contribution is -2.08. The molecule has 1 saturated carbocycles. The summed E-state index contributed by atoms with van der Waals surface area (Å²) in [4.78, 5) is 0. The summed E-state index contributed by atoms with van der Waals surface area (Å²) in [6.45, 7) is 0. The molecule has 0 atom stereocenters. The molecule has 1 aromatic heterocycles. The molecule has 3 rings (SSSR count). The normalized spacial score (nSPS) is 16.9. The van der Waals surface area contributed by atoms with E-state index in [0.717, 1.165) is 11.3 Å². The van der Waals surface area contributed by atoms with Crippen molar-refractivity contribution in [1.82, 2.24) is 9.78 Å². The van der Waals surface area contributed by atoms with Gasteiger partial charge in [0.25, 0.3) is 0 Å². The van der Waals surface area contributed by atoms with Gasteiger partial charge in [0.1, 0.15) is 5.69 Å². The number of nitrogens with zero attached hydrogens (tertiary/aromatic N) is 2. The Morgan fingerprint density at radius 3 is 2.52 bits per heavy atom. The van der Waals surface area contributed by atoms with E-state index in [-0.39, 0.29) is 0 Å². The van der Waals surface area contributed by atoms with Crippen LogP contribution in [0.4, 0.5) is 5.69 Å². The van der Waals surface area contributed by atoms with Crippen LogP contribution >= 0.6 is 23.2 Å². The van der Waals surface area contributed by atoms with E-state index >= 15 is 0 Å². The molecule has 0 saturated heterocycles. The quantitative estimate of drug-likeness (QED) is 0.758. The van der Waals surface area contributed by atoms with Crippen LogP contribution < -0.4 is 5.73 Å². The molecule has 2 aromatic rings. The summed E-state index contributed by atoms with van der Waals surface area (Å²) in [5.74, 6) is 0. The predicted octanol–water partition coefficient (Wildman–Crippen LogP) is 5.33. The molecule has 0 radical (unpaired) electrons. The zero-order chi connectivity index (χ0) is 14.8. The van der Waals surface area contributed by atoms with Crippen molar-refractivity contribution in [2.45, 2.75) is 44.6 Å². The molecule has 1 aromatic carbocycles. The van der Waals surface area contributed by atoms with Gasteiger partial charge in [0, 0.05) is 16.8 Å². The second-order valence-corrected chi connectivity index (χ2v) is 6.53. The molecule has 0 unspecified atom stereocenters. The number of benzene rings is 1. The molecule has 1 fully saturated rings. The van der Waals surface area contributed by atoms with Crippen LogP contribution in [0.5, 0.6) is 0 Å². The zero-order valence-electron chi connectivity index (χ0n) is 11.9. The van der Waals surface area contributed by atoms with Crippen molar-refractivity contribution in [3.05, 3.63) is 34.4 Å². The van der Waals surface area contributed by atoms with Crippen LogP contribution in [0.15, 0.2) is 24.4 Å². The van der Waals surface area contributed by atoms with Crippen LogP contribution in [-0.4, -0.2) is 9.78 Å². The Morgan fingerprint density at radius 1 is 1.10 bits per heavy atom. The summed E-state index contributed by atoms with van der Waals surface area (Å²) >= 11 is 12.3. The molecular formula is C16H19Cl2N3. The molecular weight excluding hydrogens is 305 g/mol. The van der Waals surface area contributed by atoms with E-state index < -0.39 is 0 Å². The van der Waals surface area contributed by atoms with E-state index in [1.807, 2.05) is 16.9 Å². The third kappa shape index (κ3) is 3.19. The van der Waals surface area contributed by atoms with Crippen molar-refractivity contribution in [1.29, 1.82) is 0 Å². The van der Waals surface area contributed by atoms with E-state index in [1.54, 1.807) is 12.1 Å². The smallest absolute Gasteiger partial charge is 0.117 e. The molecule has 21 heavy (non-hydrogen) atoms. The van der Waals surface area contributed by atoms with Crippen molar-refractivity contribution in [2.24, 2.45) is 0 Å². The number of anilines is 1. The van der Waals surface area contributed by atoms with Crippen molar-refractivity contribution in [2.75, 3.05) is 5.73 Å². The zero-order valence-corrected chi connectivity index (χ0v) is 13.4. The van der Waals surface area contributed by atoms with Crippen LogP contribution in [0.1, 0.15) is 44.6 Å². The van der Waals surface area contributed by atoms with Crippen LogP contribution in [0, 0.1) is 0 Å². The summed E-state index contributed by atoms with van der Waals surface area (Å²) in [6, 6.07) is 5.82. The maximum atomic E-state index is 6.26. The molecule has 0 amide bonds. The highest BCUT2D eigenvalue weighted by molar-refractivity contribution is 6.35. The average molecular weight is 324 g/mol. The molecule has 3 nitrogen and oxygen atoms in total. The number of nitrogen functional groups attached to an aromatic ring is 1. The SMILES string of the molecule is Nc1cn(C2CCCCCC2)nc1-c1cc(Cl)ccc1Cl. The molecule has 112 valence electrons. The fourth-order valence-corrected chi connectivity index (χ4v) is 3.38. The highest BCUT2D eigenvalue weighted by Gasteiger charge is 2.18. The summed E-state index contributed by atoms with van der Waals surface area (Å²) in [6.07, 6.45) is 9.44. The van der Waals surface area contributed by atoms with Crippen molar-refractivity contribution >= 4 is 28.9 Å². The van der Waals surface area contributed by atoms with E-state index in [2.05, 4.69) is 0 Å². The molecule has 0 aliphatic heterocycles. The van der Waals surface area contributed by atoms with Gasteiger partial charge in [-0.3, -0.25) is 4.68 Å². The third-order valence-electron chi connectivity index (χ3n) is 4.14. The van der Waals surface area contributed by atoms with Gasteiger partial charge >= 0.3 is 0 Å². The molecule has 5 heteroatoms. The van der Waals surface area contributed by atoms with E-state index in [0.29, 0.717) is 21.8 Å². The minimum atomic E-state index is 0.446. The van der Waals surface area contributed by atoms with Crippen molar-refractivity contribution in [3.63, 3.8) is 0 Å². The van der Waals surface area contributed by atoms with Gasteiger partial charge in [-0.2, -0.15) is 5.10 Å². The maximum absolute atomic E-state index is 6.26. The van der Waals surface area contributed by atoms with Gasteiger partial charge in [-0.1, -0.05) is 48.9 Å². The van der Waals surface area contributed by atoms with Gasteiger partial charge in [0.15, 0.2) is 0 Å². The first-order chi connectivity index (χ1) is 10.1. The lowest BCUT2D eigenvalue weighted by atomic mass is 10.1. The van der Waals surface area contributed by atoms with Crippen LogP contribution in [0.3, 0.4) is 0 Å². The Hall–Kier alpha value is -1.19. The molecule has 2 N–H and O–H groups in total.